The molecule has 0 atom stereocenters. The quantitative estimate of drug-likeness (QED) is 0.834. The third kappa shape index (κ3) is 2.58. The van der Waals surface area contributed by atoms with Gasteiger partial charge in [-0.05, 0) is 40.8 Å². The molecule has 1 heterocycles. The molecule has 13 heavy (non-hydrogen) atoms. The van der Waals surface area contributed by atoms with Crippen molar-refractivity contribution in [3.05, 3.63) is 21.8 Å². The molecule has 1 aliphatic rings. The molecule has 4 heteroatoms. The molecule has 0 saturated heterocycles. The monoisotopic (exact) mass is 261 g/mol. The summed E-state index contributed by atoms with van der Waals surface area (Å²) in [5, 5.41) is 0.565. The molecule has 0 aliphatic heterocycles. The van der Waals surface area contributed by atoms with Gasteiger partial charge < -0.3 is 4.74 Å². The molecule has 0 amide bonds. The minimum atomic E-state index is 0.539. The van der Waals surface area contributed by atoms with Crippen LogP contribution in [0.5, 0.6) is 5.88 Å². The van der Waals surface area contributed by atoms with Crippen LogP contribution in [0.2, 0.25) is 5.02 Å². The summed E-state index contributed by atoms with van der Waals surface area (Å²) in [6.07, 6.45) is 4.23. The number of rotatable bonds is 3. The summed E-state index contributed by atoms with van der Waals surface area (Å²) in [5.41, 5.74) is 0. The number of halogens is 2. The van der Waals surface area contributed by atoms with Crippen LogP contribution >= 0.6 is 27.5 Å². The van der Waals surface area contributed by atoms with Crippen molar-refractivity contribution in [1.29, 1.82) is 0 Å². The van der Waals surface area contributed by atoms with Crippen LogP contribution in [0.25, 0.3) is 0 Å². The number of ether oxygens (including phenoxy) is 1. The van der Waals surface area contributed by atoms with Crippen LogP contribution in [-0.2, 0) is 0 Å². The first-order valence-corrected chi connectivity index (χ1v) is 5.36. The van der Waals surface area contributed by atoms with Crippen molar-refractivity contribution in [2.24, 2.45) is 5.92 Å². The van der Waals surface area contributed by atoms with Crippen molar-refractivity contribution in [3.8, 4) is 5.88 Å². The lowest BCUT2D eigenvalue weighted by Gasteiger charge is -2.05. The Bertz CT molecular complexity index is 314. The highest BCUT2D eigenvalue weighted by Gasteiger charge is 2.22. The zero-order chi connectivity index (χ0) is 9.26. The van der Waals surface area contributed by atoms with Crippen LogP contribution in [0.1, 0.15) is 12.8 Å². The molecular formula is C9H9BrClNO. The fourth-order valence-electron chi connectivity index (χ4n) is 0.990. The van der Waals surface area contributed by atoms with E-state index in [4.69, 9.17) is 16.3 Å². The van der Waals surface area contributed by atoms with Crippen molar-refractivity contribution >= 4 is 27.5 Å². The summed E-state index contributed by atoms with van der Waals surface area (Å²) >= 11 is 9.20. The number of aromatic nitrogens is 1. The highest BCUT2D eigenvalue weighted by atomic mass is 79.9. The Kier molecular flexibility index (Phi) is 2.74. The minimum absolute atomic E-state index is 0.539. The van der Waals surface area contributed by atoms with Crippen molar-refractivity contribution < 1.29 is 4.74 Å². The van der Waals surface area contributed by atoms with Crippen LogP contribution < -0.4 is 4.74 Å². The Hall–Kier alpha value is -0.280. The molecule has 2 rings (SSSR count). The summed E-state index contributed by atoms with van der Waals surface area (Å²) in [7, 11) is 0. The molecule has 0 unspecified atom stereocenters. The second kappa shape index (κ2) is 3.84. The van der Waals surface area contributed by atoms with Crippen molar-refractivity contribution in [2.45, 2.75) is 12.8 Å². The van der Waals surface area contributed by atoms with Gasteiger partial charge in [-0.2, -0.15) is 0 Å². The lowest BCUT2D eigenvalue weighted by Crippen LogP contribution is -2.00. The van der Waals surface area contributed by atoms with Gasteiger partial charge in [0.25, 0.3) is 0 Å². The first-order chi connectivity index (χ1) is 6.25. The third-order valence-corrected chi connectivity index (χ3v) is 2.63. The molecule has 1 fully saturated rings. The van der Waals surface area contributed by atoms with E-state index >= 15 is 0 Å². The number of hydrogen-bond donors (Lipinski definition) is 0. The minimum Gasteiger partial charge on any atom is -0.476 e. The average Bonchev–Trinajstić information content (AvgIpc) is 2.86. The molecule has 0 spiro atoms. The van der Waals surface area contributed by atoms with Gasteiger partial charge in [-0.3, -0.25) is 0 Å². The SMILES string of the molecule is Clc1cc(Br)cnc1OCC1CC1. The Morgan fingerprint density at radius 1 is 1.62 bits per heavy atom. The first kappa shape index (κ1) is 9.28. The van der Waals surface area contributed by atoms with E-state index in [2.05, 4.69) is 20.9 Å². The van der Waals surface area contributed by atoms with Gasteiger partial charge in [0.15, 0.2) is 0 Å². The van der Waals surface area contributed by atoms with E-state index in [0.717, 1.165) is 17.0 Å². The maximum absolute atomic E-state index is 5.92. The molecule has 2 nitrogen and oxygen atoms in total. The van der Waals surface area contributed by atoms with Crippen molar-refractivity contribution in [1.82, 2.24) is 4.98 Å². The van der Waals surface area contributed by atoms with E-state index in [1.54, 1.807) is 12.3 Å². The van der Waals surface area contributed by atoms with Crippen LogP contribution in [0.15, 0.2) is 16.7 Å². The predicted octanol–water partition coefficient (Wildman–Crippen LogP) is 3.29. The smallest absolute Gasteiger partial charge is 0.232 e. The van der Waals surface area contributed by atoms with Gasteiger partial charge in [0, 0.05) is 10.7 Å². The maximum Gasteiger partial charge on any atom is 0.232 e. The molecule has 1 aromatic rings. The molecule has 0 bridgehead atoms. The van der Waals surface area contributed by atoms with Crippen LogP contribution in [0.4, 0.5) is 0 Å². The summed E-state index contributed by atoms with van der Waals surface area (Å²) in [6, 6.07) is 1.79. The number of pyridine rings is 1. The zero-order valence-corrected chi connectivity index (χ0v) is 9.31. The standard InChI is InChI=1S/C9H9BrClNO/c10-7-3-8(11)9(12-4-7)13-5-6-1-2-6/h3-4,6H,1-2,5H2. The van der Waals surface area contributed by atoms with E-state index in [1.165, 1.54) is 12.8 Å². The van der Waals surface area contributed by atoms with E-state index < -0.39 is 0 Å². The fraction of sp³-hybridized carbons (Fsp3) is 0.444. The van der Waals surface area contributed by atoms with Gasteiger partial charge in [-0.25, -0.2) is 4.98 Å². The van der Waals surface area contributed by atoms with Crippen LogP contribution in [0, 0.1) is 5.92 Å². The van der Waals surface area contributed by atoms with Crippen molar-refractivity contribution in [2.75, 3.05) is 6.61 Å². The summed E-state index contributed by atoms with van der Waals surface area (Å²) in [4.78, 5) is 4.08. The summed E-state index contributed by atoms with van der Waals surface area (Å²) < 4.78 is 6.32. The molecule has 70 valence electrons. The van der Waals surface area contributed by atoms with E-state index in [0.29, 0.717) is 10.9 Å². The molecule has 1 aromatic heterocycles. The molecule has 0 aromatic carbocycles. The Labute approximate surface area is 90.4 Å². The summed E-state index contributed by atoms with van der Waals surface area (Å²) in [6.45, 7) is 0.744. The van der Waals surface area contributed by atoms with E-state index in [-0.39, 0.29) is 0 Å². The summed E-state index contributed by atoms with van der Waals surface area (Å²) in [5.74, 6) is 1.26. The Balaban J connectivity index is 2.01. The molecule has 1 saturated carbocycles. The highest BCUT2D eigenvalue weighted by Crippen LogP contribution is 2.31. The lowest BCUT2D eigenvalue weighted by atomic mass is 10.4. The number of hydrogen-bond acceptors (Lipinski definition) is 2. The van der Waals surface area contributed by atoms with Gasteiger partial charge in [0.1, 0.15) is 5.02 Å². The Morgan fingerprint density at radius 2 is 2.38 bits per heavy atom. The second-order valence-electron chi connectivity index (χ2n) is 3.19. The molecule has 0 radical (unpaired) electrons. The highest BCUT2D eigenvalue weighted by molar-refractivity contribution is 9.10. The lowest BCUT2D eigenvalue weighted by molar-refractivity contribution is 0.288. The second-order valence-corrected chi connectivity index (χ2v) is 4.52. The molecule has 0 N–H and O–H groups in total. The number of nitrogens with zero attached hydrogens (tertiary/aromatic N) is 1. The average molecular weight is 263 g/mol. The molecule has 1 aliphatic carbocycles. The normalized spacial score (nSPS) is 15.8. The van der Waals surface area contributed by atoms with Gasteiger partial charge >= 0.3 is 0 Å². The van der Waals surface area contributed by atoms with Gasteiger partial charge in [0.2, 0.25) is 5.88 Å². The topological polar surface area (TPSA) is 22.1 Å². The predicted molar refractivity (Wildman–Crippen MR) is 55.2 cm³/mol. The zero-order valence-electron chi connectivity index (χ0n) is 6.96. The van der Waals surface area contributed by atoms with Gasteiger partial charge in [-0.15, -0.1) is 0 Å². The fourth-order valence-corrected chi connectivity index (χ4v) is 1.67. The van der Waals surface area contributed by atoms with Crippen LogP contribution in [0.3, 0.4) is 0 Å². The van der Waals surface area contributed by atoms with Crippen LogP contribution in [-0.4, -0.2) is 11.6 Å². The van der Waals surface area contributed by atoms with E-state index in [1.807, 2.05) is 0 Å². The maximum atomic E-state index is 5.92. The van der Waals surface area contributed by atoms with Crippen molar-refractivity contribution in [3.63, 3.8) is 0 Å². The van der Waals surface area contributed by atoms with E-state index in [9.17, 15) is 0 Å². The third-order valence-electron chi connectivity index (χ3n) is 1.93. The van der Waals surface area contributed by atoms with Gasteiger partial charge in [-0.1, -0.05) is 11.6 Å². The van der Waals surface area contributed by atoms with Gasteiger partial charge in [0.05, 0.1) is 6.61 Å². The first-order valence-electron chi connectivity index (χ1n) is 4.19. The Morgan fingerprint density at radius 3 is 3.00 bits per heavy atom. The molecular weight excluding hydrogens is 253 g/mol. The largest absolute Gasteiger partial charge is 0.476 e.